The number of carbonyl (C=O) groups is 1. The normalized spacial score (nSPS) is 16.8. The van der Waals surface area contributed by atoms with E-state index < -0.39 is 22.7 Å². The van der Waals surface area contributed by atoms with Crippen LogP contribution in [0.1, 0.15) is 28.7 Å². The van der Waals surface area contributed by atoms with Gasteiger partial charge in [-0.2, -0.15) is 13.2 Å². The summed E-state index contributed by atoms with van der Waals surface area (Å²) in [5.74, 6) is -0.268. The topological polar surface area (TPSA) is 75.5 Å². The first-order chi connectivity index (χ1) is 13.4. The summed E-state index contributed by atoms with van der Waals surface area (Å²) in [4.78, 5) is 18.0. The van der Waals surface area contributed by atoms with Gasteiger partial charge in [0.25, 0.3) is 5.91 Å². The summed E-state index contributed by atoms with van der Waals surface area (Å²) in [5.41, 5.74) is 1.61. The van der Waals surface area contributed by atoms with E-state index in [2.05, 4.69) is 4.98 Å². The summed E-state index contributed by atoms with van der Waals surface area (Å²) in [5, 5.41) is 0. The molecule has 1 atom stereocenters. The zero-order valence-corrected chi connectivity index (χ0v) is 17.0. The third-order valence-corrected chi connectivity index (χ3v) is 5.98. The van der Waals surface area contributed by atoms with Gasteiger partial charge in [0.05, 0.1) is 18.5 Å². The lowest BCUT2D eigenvalue weighted by Gasteiger charge is -2.22. The Hall–Kier alpha value is -2.56. The van der Waals surface area contributed by atoms with E-state index in [4.69, 9.17) is 0 Å². The number of anilines is 1. The van der Waals surface area contributed by atoms with E-state index in [-0.39, 0.29) is 24.3 Å². The summed E-state index contributed by atoms with van der Waals surface area (Å²) in [6.45, 7) is 0.516. The molecule has 0 bridgehead atoms. The number of alkyl halides is 3. The van der Waals surface area contributed by atoms with Gasteiger partial charge in [0, 0.05) is 31.0 Å². The minimum atomic E-state index is -4.39. The van der Waals surface area contributed by atoms with Crippen molar-refractivity contribution in [2.24, 2.45) is 0 Å². The van der Waals surface area contributed by atoms with Gasteiger partial charge in [-0.25, -0.2) is 13.4 Å². The number of nitrogens with zero attached hydrogens (tertiary/aromatic N) is 4. The minimum Gasteiger partial charge on any atom is -0.334 e. The number of rotatable bonds is 5. The molecule has 1 amide bonds. The van der Waals surface area contributed by atoms with E-state index in [1.165, 1.54) is 34.7 Å². The molecule has 1 aromatic carbocycles. The summed E-state index contributed by atoms with van der Waals surface area (Å²) < 4.78 is 64.3. The molecule has 0 fully saturated rings. The maximum atomic E-state index is 12.8. The van der Waals surface area contributed by atoms with Gasteiger partial charge in [0.2, 0.25) is 10.0 Å². The molecule has 0 radical (unpaired) electrons. The highest BCUT2D eigenvalue weighted by molar-refractivity contribution is 7.92. The predicted molar refractivity (Wildman–Crippen MR) is 101 cm³/mol. The van der Waals surface area contributed by atoms with Crippen molar-refractivity contribution in [1.29, 1.82) is 0 Å². The fourth-order valence-corrected chi connectivity index (χ4v) is 4.84. The number of sulfonamides is 1. The zero-order chi connectivity index (χ0) is 21.6. The van der Waals surface area contributed by atoms with Crippen molar-refractivity contribution in [3.63, 3.8) is 0 Å². The highest BCUT2D eigenvalue weighted by atomic mass is 32.2. The maximum Gasteiger partial charge on any atom is 0.406 e. The predicted octanol–water partition coefficient (Wildman–Crippen LogP) is 2.43. The fourth-order valence-electron chi connectivity index (χ4n) is 3.57. The Morgan fingerprint density at radius 3 is 2.66 bits per heavy atom. The van der Waals surface area contributed by atoms with Gasteiger partial charge < -0.3 is 9.47 Å². The molecule has 3 rings (SSSR count). The van der Waals surface area contributed by atoms with Crippen LogP contribution >= 0.6 is 0 Å². The lowest BCUT2D eigenvalue weighted by molar-refractivity contribution is -0.141. The molecule has 2 heterocycles. The van der Waals surface area contributed by atoms with Crippen LogP contribution < -0.4 is 4.31 Å². The molecule has 1 aliphatic heterocycles. The molecule has 1 unspecified atom stereocenters. The maximum absolute atomic E-state index is 12.8. The van der Waals surface area contributed by atoms with Gasteiger partial charge in [-0.3, -0.25) is 9.10 Å². The van der Waals surface area contributed by atoms with Crippen LogP contribution in [0.2, 0.25) is 0 Å². The molecule has 0 aliphatic carbocycles. The molecule has 11 heteroatoms. The first-order valence-electron chi connectivity index (χ1n) is 8.81. The molecule has 0 N–H and O–H groups in total. The summed E-state index contributed by atoms with van der Waals surface area (Å²) >= 11 is 0. The second-order valence-electron chi connectivity index (χ2n) is 7.20. The van der Waals surface area contributed by atoms with Crippen LogP contribution in [0.15, 0.2) is 30.6 Å². The summed E-state index contributed by atoms with van der Waals surface area (Å²) in [6, 6.07) is 4.50. The number of fused-ring (bicyclic) bond motifs is 1. The Morgan fingerprint density at radius 2 is 2.03 bits per heavy atom. The molecular weight excluding hydrogens is 409 g/mol. The largest absolute Gasteiger partial charge is 0.406 e. The lowest BCUT2D eigenvalue weighted by Crippen LogP contribution is -2.34. The zero-order valence-electron chi connectivity index (χ0n) is 16.1. The first kappa shape index (κ1) is 21.2. The van der Waals surface area contributed by atoms with E-state index >= 15 is 0 Å². The number of carbonyl (C=O) groups excluding carboxylic acids is 1. The second-order valence-corrected chi connectivity index (χ2v) is 9.06. The van der Waals surface area contributed by atoms with Gasteiger partial charge >= 0.3 is 6.18 Å². The van der Waals surface area contributed by atoms with Gasteiger partial charge in [-0.05, 0) is 37.1 Å². The minimum absolute atomic E-state index is 0.0924. The first-order valence-corrected chi connectivity index (χ1v) is 10.7. The number of imidazole rings is 1. The van der Waals surface area contributed by atoms with E-state index in [9.17, 15) is 26.4 Å². The fraction of sp³-hybridized carbons (Fsp3) is 0.444. The van der Waals surface area contributed by atoms with Gasteiger partial charge in [0.15, 0.2) is 0 Å². The number of hydrogen-bond donors (Lipinski definition) is 0. The quantitative estimate of drug-likeness (QED) is 0.730. The Balaban J connectivity index is 1.79. The van der Waals surface area contributed by atoms with Crippen molar-refractivity contribution < 1.29 is 26.4 Å². The van der Waals surface area contributed by atoms with Crippen LogP contribution in [0.4, 0.5) is 18.9 Å². The van der Waals surface area contributed by atoms with Crippen LogP contribution in [-0.4, -0.2) is 54.3 Å². The molecule has 158 valence electrons. The average Bonchev–Trinajstić information content (AvgIpc) is 3.14. The molecule has 7 nitrogen and oxygen atoms in total. The van der Waals surface area contributed by atoms with Gasteiger partial charge in [0.1, 0.15) is 12.4 Å². The Bertz CT molecular complexity index is 1030. The number of hydrogen-bond acceptors (Lipinski definition) is 4. The SMILES string of the molecule is CC1Cc2cc(C(=O)N(C)Cc3nccn3CC(F)(F)F)ccc2N1S(C)(=O)=O. The molecule has 1 aromatic heterocycles. The standard InChI is InChI=1S/C18H21F3N4O3S/c1-12-8-14-9-13(4-5-15(14)25(12)29(3,27)28)17(26)23(2)10-16-22-6-7-24(16)11-18(19,20)21/h4-7,9,12H,8,10-11H2,1-3H3. The average molecular weight is 430 g/mol. The molecule has 0 saturated heterocycles. The monoisotopic (exact) mass is 430 g/mol. The molecule has 29 heavy (non-hydrogen) atoms. The lowest BCUT2D eigenvalue weighted by atomic mass is 10.1. The van der Waals surface area contributed by atoms with Crippen molar-refractivity contribution in [3.05, 3.63) is 47.5 Å². The summed E-state index contributed by atoms with van der Waals surface area (Å²) in [6.07, 6.45) is -0.300. The third kappa shape index (κ3) is 4.55. The Kier molecular flexibility index (Phi) is 5.37. The smallest absolute Gasteiger partial charge is 0.334 e. The van der Waals surface area contributed by atoms with Crippen LogP contribution in [0, 0.1) is 0 Å². The van der Waals surface area contributed by atoms with Crippen molar-refractivity contribution >= 4 is 21.6 Å². The third-order valence-electron chi connectivity index (χ3n) is 4.71. The molecule has 0 spiro atoms. The van der Waals surface area contributed by atoms with E-state index in [1.807, 2.05) is 0 Å². The van der Waals surface area contributed by atoms with Crippen molar-refractivity contribution in [2.45, 2.75) is 38.7 Å². The van der Waals surface area contributed by atoms with Crippen LogP contribution in [0.25, 0.3) is 0 Å². The van der Waals surface area contributed by atoms with E-state index in [0.717, 1.165) is 16.4 Å². The summed E-state index contributed by atoms with van der Waals surface area (Å²) in [7, 11) is -1.95. The van der Waals surface area contributed by atoms with Crippen LogP contribution in [-0.2, 0) is 29.5 Å². The molecular formula is C18H21F3N4O3S. The van der Waals surface area contributed by atoms with Crippen molar-refractivity contribution in [3.8, 4) is 0 Å². The van der Waals surface area contributed by atoms with Crippen LogP contribution in [0.5, 0.6) is 0 Å². The molecule has 1 aliphatic rings. The molecule has 2 aromatic rings. The van der Waals surface area contributed by atoms with Gasteiger partial charge in [-0.1, -0.05) is 0 Å². The Labute approximate surface area is 166 Å². The number of benzene rings is 1. The molecule has 0 saturated carbocycles. The highest BCUT2D eigenvalue weighted by Crippen LogP contribution is 2.35. The highest BCUT2D eigenvalue weighted by Gasteiger charge is 2.33. The number of aromatic nitrogens is 2. The Morgan fingerprint density at radius 1 is 1.34 bits per heavy atom. The second kappa shape index (κ2) is 7.36. The van der Waals surface area contributed by atoms with Crippen molar-refractivity contribution in [1.82, 2.24) is 14.5 Å². The van der Waals surface area contributed by atoms with E-state index in [1.54, 1.807) is 19.1 Å². The van der Waals surface area contributed by atoms with Crippen LogP contribution in [0.3, 0.4) is 0 Å². The van der Waals surface area contributed by atoms with E-state index in [0.29, 0.717) is 17.7 Å². The number of halogens is 3. The van der Waals surface area contributed by atoms with Gasteiger partial charge in [-0.15, -0.1) is 0 Å². The number of amides is 1. The van der Waals surface area contributed by atoms with Crippen molar-refractivity contribution in [2.75, 3.05) is 17.6 Å².